The minimum Gasteiger partial charge on any atom is -0.319 e. The SMILES string of the molecule is CCC1(c2ccccc2)NC(=O)N(CC(=O)c2ccc3c(c2)CCCC3)C1=O. The van der Waals surface area contributed by atoms with Gasteiger partial charge < -0.3 is 5.32 Å². The standard InChI is InChI=1S/C23H24N2O3/c1-2-23(19-10-4-3-5-11-19)21(27)25(22(28)24-23)15-20(26)18-13-12-16-8-6-7-9-17(16)14-18/h3-5,10-14H,2,6-9,15H2,1H3,(H,24,28). The molecule has 1 aliphatic carbocycles. The monoisotopic (exact) mass is 376 g/mol. The second kappa shape index (κ2) is 7.23. The number of carbonyl (C=O) groups excluding carboxylic acids is 3. The van der Waals surface area contributed by atoms with E-state index in [2.05, 4.69) is 5.32 Å². The zero-order valence-electron chi connectivity index (χ0n) is 16.0. The topological polar surface area (TPSA) is 66.5 Å². The Bertz CT molecular complexity index is 938. The molecule has 2 aromatic rings. The van der Waals surface area contributed by atoms with Gasteiger partial charge >= 0.3 is 6.03 Å². The molecule has 0 radical (unpaired) electrons. The van der Waals surface area contributed by atoms with Crippen LogP contribution in [0.25, 0.3) is 0 Å². The van der Waals surface area contributed by atoms with Gasteiger partial charge in [0.15, 0.2) is 5.78 Å². The van der Waals surface area contributed by atoms with Crippen molar-refractivity contribution in [3.8, 4) is 0 Å². The fraction of sp³-hybridized carbons (Fsp3) is 0.348. The summed E-state index contributed by atoms with van der Waals surface area (Å²) in [6.07, 6.45) is 4.76. The second-order valence-corrected chi connectivity index (χ2v) is 7.56. The highest BCUT2D eigenvalue weighted by Crippen LogP contribution is 2.32. The lowest BCUT2D eigenvalue weighted by Gasteiger charge is -2.25. The Labute approximate surface area is 164 Å². The predicted molar refractivity (Wildman–Crippen MR) is 106 cm³/mol. The number of hydrogen-bond donors (Lipinski definition) is 1. The van der Waals surface area contributed by atoms with Gasteiger partial charge in [0.25, 0.3) is 5.91 Å². The molecular weight excluding hydrogens is 352 g/mol. The molecule has 1 saturated heterocycles. The smallest absolute Gasteiger partial charge is 0.319 e. The number of nitrogens with zero attached hydrogens (tertiary/aromatic N) is 1. The van der Waals surface area contributed by atoms with Crippen LogP contribution in [0.3, 0.4) is 0 Å². The van der Waals surface area contributed by atoms with Crippen molar-refractivity contribution in [1.29, 1.82) is 0 Å². The van der Waals surface area contributed by atoms with Gasteiger partial charge in [0.2, 0.25) is 0 Å². The number of benzene rings is 2. The molecule has 2 aromatic carbocycles. The number of rotatable bonds is 5. The molecule has 1 heterocycles. The highest BCUT2D eigenvalue weighted by Gasteiger charge is 2.51. The number of fused-ring (bicyclic) bond motifs is 1. The average Bonchev–Trinajstić information content (AvgIpc) is 2.99. The first-order chi connectivity index (χ1) is 13.5. The summed E-state index contributed by atoms with van der Waals surface area (Å²) in [6.45, 7) is 1.62. The van der Waals surface area contributed by atoms with E-state index in [0.29, 0.717) is 12.0 Å². The fourth-order valence-electron chi connectivity index (χ4n) is 4.27. The lowest BCUT2D eigenvalue weighted by atomic mass is 9.87. The Morgan fingerprint density at radius 2 is 1.75 bits per heavy atom. The van der Waals surface area contributed by atoms with Crippen molar-refractivity contribution in [3.63, 3.8) is 0 Å². The van der Waals surface area contributed by atoms with Crippen LogP contribution in [0, 0.1) is 0 Å². The van der Waals surface area contributed by atoms with Crippen LogP contribution in [-0.4, -0.2) is 29.2 Å². The number of hydrogen-bond acceptors (Lipinski definition) is 3. The molecule has 5 nitrogen and oxygen atoms in total. The average molecular weight is 376 g/mol. The van der Waals surface area contributed by atoms with Gasteiger partial charge in [-0.15, -0.1) is 0 Å². The summed E-state index contributed by atoms with van der Waals surface area (Å²) in [5.74, 6) is -0.575. The van der Waals surface area contributed by atoms with Crippen LogP contribution in [0.2, 0.25) is 0 Å². The number of ketones is 1. The molecule has 5 heteroatoms. The van der Waals surface area contributed by atoms with E-state index in [1.165, 1.54) is 17.5 Å². The summed E-state index contributed by atoms with van der Waals surface area (Å²) in [4.78, 5) is 39.6. The molecule has 4 rings (SSSR count). The van der Waals surface area contributed by atoms with Crippen molar-refractivity contribution >= 4 is 17.7 Å². The van der Waals surface area contributed by atoms with E-state index in [1.54, 1.807) is 0 Å². The Balaban J connectivity index is 1.57. The summed E-state index contributed by atoms with van der Waals surface area (Å²) in [5, 5.41) is 2.83. The van der Waals surface area contributed by atoms with Crippen LogP contribution in [0.1, 0.15) is 53.2 Å². The number of Topliss-reactive ketones (excluding diaryl/α,β-unsaturated/α-hetero) is 1. The van der Waals surface area contributed by atoms with E-state index >= 15 is 0 Å². The fourth-order valence-corrected chi connectivity index (χ4v) is 4.27. The van der Waals surface area contributed by atoms with Gasteiger partial charge in [-0.25, -0.2) is 4.79 Å². The van der Waals surface area contributed by atoms with Gasteiger partial charge in [0.05, 0.1) is 6.54 Å². The van der Waals surface area contributed by atoms with Gasteiger partial charge in [0, 0.05) is 5.56 Å². The molecule has 0 bridgehead atoms. The van der Waals surface area contributed by atoms with Gasteiger partial charge in [-0.3, -0.25) is 14.5 Å². The summed E-state index contributed by atoms with van der Waals surface area (Å²) >= 11 is 0. The summed E-state index contributed by atoms with van der Waals surface area (Å²) in [7, 11) is 0. The zero-order valence-corrected chi connectivity index (χ0v) is 16.0. The largest absolute Gasteiger partial charge is 0.325 e. The van der Waals surface area contributed by atoms with E-state index in [4.69, 9.17) is 0 Å². The van der Waals surface area contributed by atoms with Gasteiger partial charge in [-0.2, -0.15) is 0 Å². The van der Waals surface area contributed by atoms with Gasteiger partial charge in [0.1, 0.15) is 5.54 Å². The Kier molecular flexibility index (Phi) is 4.75. The molecule has 3 amide bonds. The first-order valence-corrected chi connectivity index (χ1v) is 9.90. The van der Waals surface area contributed by atoms with E-state index in [9.17, 15) is 14.4 Å². The van der Waals surface area contributed by atoms with Crippen LogP contribution in [-0.2, 0) is 23.2 Å². The molecule has 0 spiro atoms. The number of nitrogens with one attached hydrogen (secondary N) is 1. The third-order valence-electron chi connectivity index (χ3n) is 5.94. The Morgan fingerprint density at radius 3 is 2.46 bits per heavy atom. The summed E-state index contributed by atoms with van der Waals surface area (Å²) in [5.41, 5.74) is 2.71. The van der Waals surface area contributed by atoms with Gasteiger partial charge in [-0.1, -0.05) is 49.4 Å². The number of urea groups is 1. The minimum atomic E-state index is -1.10. The van der Waals surface area contributed by atoms with Crippen LogP contribution in [0.4, 0.5) is 4.79 Å². The maximum Gasteiger partial charge on any atom is 0.325 e. The van der Waals surface area contributed by atoms with E-state index in [-0.39, 0.29) is 18.2 Å². The highest BCUT2D eigenvalue weighted by atomic mass is 16.2. The molecule has 1 fully saturated rings. The highest BCUT2D eigenvalue weighted by molar-refractivity contribution is 6.11. The maximum atomic E-state index is 13.2. The summed E-state index contributed by atoms with van der Waals surface area (Å²) in [6, 6.07) is 14.4. The van der Waals surface area contributed by atoms with Crippen LogP contribution < -0.4 is 5.32 Å². The quantitative estimate of drug-likeness (QED) is 0.640. The van der Waals surface area contributed by atoms with Crippen molar-refractivity contribution in [2.75, 3.05) is 6.54 Å². The Hall–Kier alpha value is -2.95. The maximum absolute atomic E-state index is 13.2. The molecule has 2 aliphatic rings. The van der Waals surface area contributed by atoms with Crippen molar-refractivity contribution < 1.29 is 14.4 Å². The van der Waals surface area contributed by atoms with Gasteiger partial charge in [-0.05, 0) is 54.9 Å². The molecule has 1 atom stereocenters. The lowest BCUT2D eigenvalue weighted by Crippen LogP contribution is -2.43. The summed E-state index contributed by atoms with van der Waals surface area (Å²) < 4.78 is 0. The van der Waals surface area contributed by atoms with Crippen molar-refractivity contribution in [3.05, 3.63) is 70.8 Å². The molecular formula is C23H24N2O3. The van der Waals surface area contributed by atoms with E-state index < -0.39 is 11.6 Å². The molecule has 144 valence electrons. The molecule has 0 saturated carbocycles. The Morgan fingerprint density at radius 1 is 1.04 bits per heavy atom. The number of imide groups is 1. The lowest BCUT2D eigenvalue weighted by molar-refractivity contribution is -0.131. The number of carbonyl (C=O) groups is 3. The second-order valence-electron chi connectivity index (χ2n) is 7.56. The number of aryl methyl sites for hydroxylation is 2. The van der Waals surface area contributed by atoms with Crippen molar-refractivity contribution in [2.24, 2.45) is 0 Å². The van der Waals surface area contributed by atoms with Crippen LogP contribution in [0.5, 0.6) is 0 Å². The zero-order chi connectivity index (χ0) is 19.7. The molecule has 1 aliphatic heterocycles. The van der Waals surface area contributed by atoms with E-state index in [0.717, 1.165) is 29.7 Å². The predicted octanol–water partition coefficient (Wildman–Crippen LogP) is 3.61. The van der Waals surface area contributed by atoms with Crippen molar-refractivity contribution in [2.45, 2.75) is 44.6 Å². The van der Waals surface area contributed by atoms with E-state index in [1.807, 2.05) is 55.5 Å². The third kappa shape index (κ3) is 3.01. The van der Waals surface area contributed by atoms with Crippen LogP contribution >= 0.6 is 0 Å². The van der Waals surface area contributed by atoms with Crippen molar-refractivity contribution in [1.82, 2.24) is 10.2 Å². The molecule has 1 unspecified atom stereocenters. The molecule has 28 heavy (non-hydrogen) atoms. The molecule has 1 N–H and O–H groups in total. The molecule has 0 aromatic heterocycles. The minimum absolute atomic E-state index is 0.211. The normalized spacial score (nSPS) is 21.4. The number of amides is 3. The first-order valence-electron chi connectivity index (χ1n) is 9.90. The third-order valence-corrected chi connectivity index (χ3v) is 5.94. The van der Waals surface area contributed by atoms with Crippen LogP contribution in [0.15, 0.2) is 48.5 Å². The first kappa shape index (κ1) is 18.4.